The minimum absolute atomic E-state index is 0.0344. The van der Waals surface area contributed by atoms with Crippen molar-refractivity contribution in [2.75, 3.05) is 0 Å². The van der Waals surface area contributed by atoms with Crippen LogP contribution >= 0.6 is 0 Å². The van der Waals surface area contributed by atoms with Crippen molar-refractivity contribution in [1.82, 2.24) is 0 Å². The Morgan fingerprint density at radius 2 is 2.07 bits per heavy atom. The van der Waals surface area contributed by atoms with E-state index < -0.39 is 0 Å². The maximum atomic E-state index is 11.8. The van der Waals surface area contributed by atoms with Crippen LogP contribution in [0.2, 0.25) is 0 Å². The van der Waals surface area contributed by atoms with Gasteiger partial charge in [0.05, 0.1) is 12.0 Å². The molecule has 0 radical (unpaired) electrons. The van der Waals surface area contributed by atoms with Gasteiger partial charge >= 0.3 is 5.97 Å². The van der Waals surface area contributed by atoms with Gasteiger partial charge in [0.15, 0.2) is 0 Å². The summed E-state index contributed by atoms with van der Waals surface area (Å²) < 4.78 is 5.40. The highest BCUT2D eigenvalue weighted by molar-refractivity contribution is 5.72. The monoisotopic (exact) mass is 212 g/mol. The molecule has 2 nitrogen and oxygen atoms in total. The molecule has 0 bridgehead atoms. The predicted octanol–water partition coefficient (Wildman–Crippen LogP) is 3.40. The zero-order valence-electron chi connectivity index (χ0n) is 10.5. The number of cyclic esters (lactones) is 1. The second-order valence-corrected chi connectivity index (χ2v) is 5.27. The average Bonchev–Trinajstić information content (AvgIpc) is 2.25. The largest absolute Gasteiger partial charge is 0.462 e. The van der Waals surface area contributed by atoms with Gasteiger partial charge in [-0.15, -0.1) is 0 Å². The first-order chi connectivity index (χ1) is 7.02. The lowest BCUT2D eigenvalue weighted by atomic mass is 9.86. The molecule has 1 aliphatic heterocycles. The normalized spacial score (nSPS) is 34.4. The lowest BCUT2D eigenvalue weighted by Gasteiger charge is -2.17. The minimum atomic E-state index is 0.0344. The zero-order chi connectivity index (χ0) is 11.4. The first kappa shape index (κ1) is 12.5. The van der Waals surface area contributed by atoms with E-state index in [1.54, 1.807) is 0 Å². The molecule has 88 valence electrons. The summed E-state index contributed by atoms with van der Waals surface area (Å²) in [6, 6.07) is 0. The van der Waals surface area contributed by atoms with E-state index >= 15 is 0 Å². The number of carbonyl (C=O) groups is 1. The van der Waals surface area contributed by atoms with Crippen molar-refractivity contribution in [2.45, 2.75) is 59.5 Å². The fourth-order valence-corrected chi connectivity index (χ4v) is 2.43. The molecule has 4 unspecified atom stereocenters. The highest BCUT2D eigenvalue weighted by atomic mass is 16.5. The van der Waals surface area contributed by atoms with Crippen LogP contribution in [0.1, 0.15) is 53.4 Å². The molecule has 0 spiro atoms. The van der Waals surface area contributed by atoms with Crippen LogP contribution in [0.4, 0.5) is 0 Å². The van der Waals surface area contributed by atoms with E-state index in [9.17, 15) is 4.79 Å². The van der Waals surface area contributed by atoms with Crippen molar-refractivity contribution >= 4 is 5.97 Å². The fourth-order valence-electron chi connectivity index (χ4n) is 2.43. The summed E-state index contributed by atoms with van der Waals surface area (Å²) in [5.74, 6) is 1.41. The van der Waals surface area contributed by atoms with Crippen LogP contribution in [0.15, 0.2) is 0 Å². The molecule has 0 saturated carbocycles. The van der Waals surface area contributed by atoms with E-state index in [4.69, 9.17) is 4.74 Å². The standard InChI is InChI=1S/C13H24O2/c1-5-9(2)7-12-8-10(3)6-11(4)15-13(12)14/h9-12H,5-8H2,1-4H3. The molecule has 1 rings (SSSR count). The van der Waals surface area contributed by atoms with Crippen LogP contribution < -0.4 is 0 Å². The van der Waals surface area contributed by atoms with Crippen LogP contribution in [-0.2, 0) is 9.53 Å². The Morgan fingerprint density at radius 3 is 2.67 bits per heavy atom. The molecular weight excluding hydrogens is 188 g/mol. The lowest BCUT2D eigenvalue weighted by molar-refractivity contribution is -0.152. The summed E-state index contributed by atoms with van der Waals surface area (Å²) >= 11 is 0. The molecule has 15 heavy (non-hydrogen) atoms. The Kier molecular flexibility index (Phi) is 4.62. The van der Waals surface area contributed by atoms with Gasteiger partial charge in [-0.1, -0.05) is 27.2 Å². The number of hydrogen-bond donors (Lipinski definition) is 0. The summed E-state index contributed by atoms with van der Waals surface area (Å²) in [5, 5.41) is 0. The van der Waals surface area contributed by atoms with E-state index in [2.05, 4.69) is 20.8 Å². The van der Waals surface area contributed by atoms with Gasteiger partial charge in [0.25, 0.3) is 0 Å². The number of esters is 1. The molecule has 1 heterocycles. The van der Waals surface area contributed by atoms with Crippen LogP contribution in [0.25, 0.3) is 0 Å². The van der Waals surface area contributed by atoms with Gasteiger partial charge in [0.2, 0.25) is 0 Å². The Morgan fingerprint density at radius 1 is 1.40 bits per heavy atom. The molecule has 0 aromatic heterocycles. The third-order valence-electron chi connectivity index (χ3n) is 3.46. The quantitative estimate of drug-likeness (QED) is 0.670. The third-order valence-corrected chi connectivity index (χ3v) is 3.46. The van der Waals surface area contributed by atoms with Crippen molar-refractivity contribution in [3.8, 4) is 0 Å². The van der Waals surface area contributed by atoms with Crippen molar-refractivity contribution in [3.05, 3.63) is 0 Å². The van der Waals surface area contributed by atoms with Gasteiger partial charge in [-0.25, -0.2) is 0 Å². The molecule has 0 aromatic carbocycles. The average molecular weight is 212 g/mol. The Hall–Kier alpha value is -0.530. The van der Waals surface area contributed by atoms with Gasteiger partial charge < -0.3 is 4.74 Å². The maximum absolute atomic E-state index is 11.8. The van der Waals surface area contributed by atoms with Crippen LogP contribution in [0.3, 0.4) is 0 Å². The molecule has 1 fully saturated rings. The molecule has 4 atom stereocenters. The van der Waals surface area contributed by atoms with Crippen LogP contribution in [-0.4, -0.2) is 12.1 Å². The SMILES string of the molecule is CCC(C)CC1CC(C)CC(C)OC1=O. The van der Waals surface area contributed by atoms with Gasteiger partial charge in [0.1, 0.15) is 0 Å². The smallest absolute Gasteiger partial charge is 0.309 e. The first-order valence-electron chi connectivity index (χ1n) is 6.23. The second-order valence-electron chi connectivity index (χ2n) is 5.27. The second kappa shape index (κ2) is 5.53. The van der Waals surface area contributed by atoms with Crippen LogP contribution in [0, 0.1) is 17.8 Å². The van der Waals surface area contributed by atoms with Crippen molar-refractivity contribution in [2.24, 2.45) is 17.8 Å². The molecule has 0 aromatic rings. The summed E-state index contributed by atoms with van der Waals surface area (Å²) in [6.07, 6.45) is 4.27. The zero-order valence-corrected chi connectivity index (χ0v) is 10.5. The molecule has 1 saturated heterocycles. The predicted molar refractivity (Wildman–Crippen MR) is 61.5 cm³/mol. The number of carbonyl (C=O) groups excluding carboxylic acids is 1. The van der Waals surface area contributed by atoms with Gasteiger partial charge in [0, 0.05) is 0 Å². The van der Waals surface area contributed by atoms with Crippen molar-refractivity contribution in [3.63, 3.8) is 0 Å². The molecular formula is C13H24O2. The van der Waals surface area contributed by atoms with Gasteiger partial charge in [-0.2, -0.15) is 0 Å². The van der Waals surface area contributed by atoms with E-state index in [0.717, 1.165) is 25.7 Å². The fraction of sp³-hybridized carbons (Fsp3) is 0.923. The number of ether oxygens (including phenoxy) is 1. The van der Waals surface area contributed by atoms with Crippen molar-refractivity contribution < 1.29 is 9.53 Å². The molecule has 2 heteroatoms. The lowest BCUT2D eigenvalue weighted by Crippen LogP contribution is -2.20. The highest BCUT2D eigenvalue weighted by Gasteiger charge is 2.29. The first-order valence-corrected chi connectivity index (χ1v) is 6.23. The Labute approximate surface area is 93.4 Å². The summed E-state index contributed by atoms with van der Waals surface area (Å²) in [6.45, 7) is 8.62. The summed E-state index contributed by atoms with van der Waals surface area (Å²) in [5.41, 5.74) is 0. The summed E-state index contributed by atoms with van der Waals surface area (Å²) in [7, 11) is 0. The minimum Gasteiger partial charge on any atom is -0.462 e. The molecule has 0 amide bonds. The number of rotatable bonds is 3. The molecule has 0 N–H and O–H groups in total. The maximum Gasteiger partial charge on any atom is 0.309 e. The van der Waals surface area contributed by atoms with Crippen molar-refractivity contribution in [1.29, 1.82) is 0 Å². The number of hydrogen-bond acceptors (Lipinski definition) is 2. The van der Waals surface area contributed by atoms with Crippen LogP contribution in [0.5, 0.6) is 0 Å². The van der Waals surface area contributed by atoms with Gasteiger partial charge in [-0.05, 0) is 38.0 Å². The third kappa shape index (κ3) is 3.84. The molecule has 0 aliphatic carbocycles. The van der Waals surface area contributed by atoms with E-state index in [1.807, 2.05) is 6.92 Å². The summed E-state index contributed by atoms with van der Waals surface area (Å²) in [4.78, 5) is 11.8. The highest BCUT2D eigenvalue weighted by Crippen LogP contribution is 2.29. The van der Waals surface area contributed by atoms with E-state index in [0.29, 0.717) is 11.8 Å². The van der Waals surface area contributed by atoms with E-state index in [-0.39, 0.29) is 18.0 Å². The molecule has 1 aliphatic rings. The Bertz CT molecular complexity index is 211. The van der Waals surface area contributed by atoms with Gasteiger partial charge in [-0.3, -0.25) is 4.79 Å². The topological polar surface area (TPSA) is 26.3 Å². The van der Waals surface area contributed by atoms with E-state index in [1.165, 1.54) is 0 Å². The Balaban J connectivity index is 2.57.